The minimum absolute atomic E-state index is 0.0235. The predicted octanol–water partition coefficient (Wildman–Crippen LogP) is 2.18. The van der Waals surface area contributed by atoms with E-state index in [0.29, 0.717) is 18.5 Å². The summed E-state index contributed by atoms with van der Waals surface area (Å²) < 4.78 is 13.3. The number of nitrogens with one attached hydrogen (secondary N) is 1. The summed E-state index contributed by atoms with van der Waals surface area (Å²) >= 11 is 0. The van der Waals surface area contributed by atoms with Crippen LogP contribution in [0.5, 0.6) is 0 Å². The number of rotatable bonds is 2. The fourth-order valence-electron chi connectivity index (χ4n) is 2.34. The topological polar surface area (TPSA) is 49.3 Å². The Morgan fingerprint density at radius 2 is 2.12 bits per heavy atom. The maximum Gasteiger partial charge on any atom is 0.307 e. The molecule has 0 aromatic heterocycles. The van der Waals surface area contributed by atoms with Crippen LogP contribution in [0.25, 0.3) is 0 Å². The molecule has 3 nitrogen and oxygen atoms in total. The third-order valence-electron chi connectivity index (χ3n) is 3.40. The Kier molecular flexibility index (Phi) is 3.15. The monoisotopic (exact) mass is 237 g/mol. The summed E-state index contributed by atoms with van der Waals surface area (Å²) in [5, 5.41) is 12.1. The van der Waals surface area contributed by atoms with Crippen LogP contribution < -0.4 is 5.32 Å². The minimum atomic E-state index is -0.767. The Morgan fingerprint density at radius 3 is 2.71 bits per heavy atom. The van der Waals surface area contributed by atoms with Crippen molar-refractivity contribution in [2.45, 2.75) is 26.3 Å². The van der Waals surface area contributed by atoms with E-state index in [-0.39, 0.29) is 17.8 Å². The second-order valence-electron chi connectivity index (χ2n) is 4.69. The molecule has 0 radical (unpaired) electrons. The number of halogens is 1. The first-order valence-corrected chi connectivity index (χ1v) is 5.72. The second-order valence-corrected chi connectivity index (χ2v) is 4.69. The molecule has 4 heteroatoms. The van der Waals surface area contributed by atoms with Gasteiger partial charge in [-0.3, -0.25) is 4.79 Å². The van der Waals surface area contributed by atoms with E-state index in [1.54, 1.807) is 6.92 Å². The van der Waals surface area contributed by atoms with Crippen molar-refractivity contribution >= 4 is 5.97 Å². The third kappa shape index (κ3) is 2.31. The molecule has 1 fully saturated rings. The van der Waals surface area contributed by atoms with E-state index in [2.05, 4.69) is 5.32 Å². The van der Waals surface area contributed by atoms with Crippen molar-refractivity contribution in [3.63, 3.8) is 0 Å². The van der Waals surface area contributed by atoms with Crippen molar-refractivity contribution in [1.29, 1.82) is 0 Å². The zero-order valence-corrected chi connectivity index (χ0v) is 9.96. The molecule has 2 N–H and O–H groups in total. The zero-order chi connectivity index (χ0) is 12.6. The first-order chi connectivity index (χ1) is 7.99. The molecule has 1 heterocycles. The van der Waals surface area contributed by atoms with Crippen LogP contribution in [-0.4, -0.2) is 17.6 Å². The fourth-order valence-corrected chi connectivity index (χ4v) is 2.34. The quantitative estimate of drug-likeness (QED) is 0.828. The molecular formula is C13H16FNO2. The van der Waals surface area contributed by atoms with Crippen molar-refractivity contribution in [3.8, 4) is 0 Å². The van der Waals surface area contributed by atoms with Crippen LogP contribution in [0.2, 0.25) is 0 Å². The Morgan fingerprint density at radius 1 is 1.41 bits per heavy atom. The van der Waals surface area contributed by atoms with Gasteiger partial charge in [0.25, 0.3) is 0 Å². The van der Waals surface area contributed by atoms with Gasteiger partial charge in [0.1, 0.15) is 5.82 Å². The highest BCUT2D eigenvalue weighted by atomic mass is 19.1. The minimum Gasteiger partial charge on any atom is -0.481 e. The molecule has 1 aliphatic heterocycles. The molecule has 0 bridgehead atoms. The van der Waals surface area contributed by atoms with Crippen LogP contribution in [0.4, 0.5) is 4.39 Å². The molecular weight excluding hydrogens is 221 g/mol. The number of aliphatic carboxylic acids is 1. The summed E-state index contributed by atoms with van der Waals surface area (Å²) in [5.41, 5.74) is 2.48. The lowest BCUT2D eigenvalue weighted by atomic mass is 9.95. The molecule has 2 unspecified atom stereocenters. The number of carboxylic acid groups (broad SMARTS) is 1. The number of carboxylic acids is 1. The Balaban J connectivity index is 2.24. The van der Waals surface area contributed by atoms with Crippen LogP contribution in [-0.2, 0) is 4.79 Å². The van der Waals surface area contributed by atoms with Gasteiger partial charge in [-0.25, -0.2) is 4.39 Å². The molecule has 1 aromatic carbocycles. The molecule has 0 aliphatic carbocycles. The van der Waals surface area contributed by atoms with Gasteiger partial charge >= 0.3 is 5.97 Å². The van der Waals surface area contributed by atoms with E-state index in [9.17, 15) is 9.18 Å². The van der Waals surface area contributed by atoms with E-state index < -0.39 is 5.97 Å². The summed E-state index contributed by atoms with van der Waals surface area (Å²) in [6.07, 6.45) is 0.571. The summed E-state index contributed by atoms with van der Waals surface area (Å²) in [6, 6.07) is 3.35. The smallest absolute Gasteiger partial charge is 0.307 e. The van der Waals surface area contributed by atoms with Crippen LogP contribution in [0, 0.1) is 25.6 Å². The van der Waals surface area contributed by atoms with E-state index in [0.717, 1.165) is 11.1 Å². The number of hydrogen-bond donors (Lipinski definition) is 2. The van der Waals surface area contributed by atoms with Gasteiger partial charge in [-0.2, -0.15) is 0 Å². The highest BCUT2D eigenvalue weighted by Gasteiger charge is 2.30. The molecule has 0 saturated carbocycles. The van der Waals surface area contributed by atoms with Gasteiger partial charge in [0, 0.05) is 12.6 Å². The number of hydrogen-bond acceptors (Lipinski definition) is 2. The van der Waals surface area contributed by atoms with Crippen LogP contribution in [0.3, 0.4) is 0 Å². The summed E-state index contributed by atoms with van der Waals surface area (Å²) in [7, 11) is 0. The van der Waals surface area contributed by atoms with Crippen molar-refractivity contribution < 1.29 is 14.3 Å². The number of aryl methyl sites for hydroxylation is 2. The molecule has 0 spiro atoms. The van der Waals surface area contributed by atoms with Gasteiger partial charge in [0.05, 0.1) is 5.92 Å². The maximum absolute atomic E-state index is 13.3. The normalized spacial score (nSPS) is 23.9. The van der Waals surface area contributed by atoms with Crippen molar-refractivity contribution in [2.75, 3.05) is 6.54 Å². The first kappa shape index (κ1) is 12.0. The molecule has 2 rings (SSSR count). The Bertz CT molecular complexity index is 459. The molecule has 2 atom stereocenters. The number of benzene rings is 1. The molecule has 0 amide bonds. The van der Waals surface area contributed by atoms with Gasteiger partial charge in [-0.05, 0) is 43.0 Å². The zero-order valence-electron chi connectivity index (χ0n) is 9.96. The van der Waals surface area contributed by atoms with E-state index in [4.69, 9.17) is 5.11 Å². The average Bonchev–Trinajstić information content (AvgIpc) is 2.72. The highest BCUT2D eigenvalue weighted by Crippen LogP contribution is 2.30. The Labute approximate surface area is 99.7 Å². The molecule has 1 saturated heterocycles. The number of carbonyl (C=O) groups is 1. The van der Waals surface area contributed by atoms with Crippen LogP contribution in [0.1, 0.15) is 29.2 Å². The lowest BCUT2D eigenvalue weighted by Gasteiger charge is -2.15. The predicted molar refractivity (Wildman–Crippen MR) is 62.4 cm³/mol. The van der Waals surface area contributed by atoms with Crippen LogP contribution >= 0.6 is 0 Å². The maximum atomic E-state index is 13.3. The van der Waals surface area contributed by atoms with Gasteiger partial charge in [-0.1, -0.05) is 6.07 Å². The standard InChI is InChI=1S/C13H16FNO2/c1-7-4-11(14)8(2)3-10(7)12-5-9(6-15-12)13(16)17/h3-4,9,12,15H,5-6H2,1-2H3,(H,16,17). The van der Waals surface area contributed by atoms with Crippen molar-refractivity contribution in [3.05, 3.63) is 34.6 Å². The Hall–Kier alpha value is -1.42. The summed E-state index contributed by atoms with van der Waals surface area (Å²) in [6.45, 7) is 4.06. The first-order valence-electron chi connectivity index (χ1n) is 5.72. The van der Waals surface area contributed by atoms with Crippen molar-refractivity contribution in [2.24, 2.45) is 5.92 Å². The third-order valence-corrected chi connectivity index (χ3v) is 3.40. The van der Waals surface area contributed by atoms with Crippen LogP contribution in [0.15, 0.2) is 12.1 Å². The van der Waals surface area contributed by atoms with Gasteiger partial charge < -0.3 is 10.4 Å². The molecule has 1 aliphatic rings. The van der Waals surface area contributed by atoms with E-state index in [1.165, 1.54) is 6.07 Å². The SMILES string of the molecule is Cc1cc(C2CC(C(=O)O)CN2)c(C)cc1F. The van der Waals surface area contributed by atoms with E-state index in [1.807, 2.05) is 13.0 Å². The molecule has 17 heavy (non-hydrogen) atoms. The largest absolute Gasteiger partial charge is 0.481 e. The van der Waals surface area contributed by atoms with Gasteiger partial charge in [0.2, 0.25) is 0 Å². The lowest BCUT2D eigenvalue weighted by Crippen LogP contribution is -2.17. The molecule has 92 valence electrons. The summed E-state index contributed by atoms with van der Waals surface area (Å²) in [5.74, 6) is -1.32. The molecule has 1 aromatic rings. The van der Waals surface area contributed by atoms with Gasteiger partial charge in [0.15, 0.2) is 0 Å². The average molecular weight is 237 g/mol. The fraction of sp³-hybridized carbons (Fsp3) is 0.462. The second kappa shape index (κ2) is 4.45. The van der Waals surface area contributed by atoms with Gasteiger partial charge in [-0.15, -0.1) is 0 Å². The highest BCUT2D eigenvalue weighted by molar-refractivity contribution is 5.70. The van der Waals surface area contributed by atoms with Crippen molar-refractivity contribution in [1.82, 2.24) is 5.32 Å². The lowest BCUT2D eigenvalue weighted by molar-refractivity contribution is -0.141. The van der Waals surface area contributed by atoms with E-state index >= 15 is 0 Å². The summed E-state index contributed by atoms with van der Waals surface area (Å²) in [4.78, 5) is 10.9.